The van der Waals surface area contributed by atoms with Gasteiger partial charge in [0.15, 0.2) is 0 Å². The monoisotopic (exact) mass is 272 g/mol. The molecule has 0 aliphatic rings. The van der Waals surface area contributed by atoms with Gasteiger partial charge in [-0.05, 0) is 17.5 Å². The number of ether oxygens (including phenoxy) is 1. The molecule has 4 heteroatoms. The minimum Gasteiger partial charge on any atom is -0.361 e. The van der Waals surface area contributed by atoms with Gasteiger partial charge < -0.3 is 9.30 Å². The number of fused-ring (bicyclic) bond motifs is 1. The Morgan fingerprint density at radius 1 is 1.26 bits per heavy atom. The van der Waals surface area contributed by atoms with Crippen molar-refractivity contribution in [3.05, 3.63) is 41.9 Å². The van der Waals surface area contributed by atoms with Crippen molar-refractivity contribution in [1.29, 1.82) is 0 Å². The summed E-state index contributed by atoms with van der Waals surface area (Å²) >= 11 is 0. The molecule has 0 N–H and O–H groups in total. The lowest BCUT2D eigenvalue weighted by molar-refractivity contribution is 0.0903. The van der Waals surface area contributed by atoms with Crippen LogP contribution in [-0.2, 0) is 11.5 Å². The molecule has 0 atom stereocenters. The number of hydrogen-bond acceptors (Lipinski definition) is 1. The van der Waals surface area contributed by atoms with Gasteiger partial charge in [-0.15, -0.1) is 0 Å². The van der Waals surface area contributed by atoms with Crippen molar-refractivity contribution in [2.75, 3.05) is 6.61 Å². The van der Waals surface area contributed by atoms with Crippen molar-refractivity contribution in [3.8, 4) is 0 Å². The highest BCUT2D eigenvalue weighted by Gasteiger charge is 2.12. The van der Waals surface area contributed by atoms with E-state index in [0.717, 1.165) is 17.5 Å². The van der Waals surface area contributed by atoms with Gasteiger partial charge in [0.1, 0.15) is 6.73 Å². The normalized spacial score (nSPS) is 11.7. The second-order valence-corrected chi connectivity index (χ2v) is 11.6. The molecule has 0 bridgehead atoms. The third kappa shape index (κ3) is 3.46. The van der Waals surface area contributed by atoms with Gasteiger partial charge >= 0.3 is 0 Å². The Kier molecular flexibility index (Phi) is 4.08. The first kappa shape index (κ1) is 13.8. The maximum absolute atomic E-state index is 7.23. The number of benzene rings is 1. The summed E-state index contributed by atoms with van der Waals surface area (Å²) < 4.78 is 7.78. The summed E-state index contributed by atoms with van der Waals surface area (Å²) in [5.41, 5.74) is 1.67. The molecule has 3 nitrogen and oxygen atoms in total. The molecule has 100 valence electrons. The predicted molar refractivity (Wildman–Crippen MR) is 82.3 cm³/mol. The zero-order chi connectivity index (χ0) is 13.9. The van der Waals surface area contributed by atoms with Gasteiger partial charge in [-0.3, -0.25) is 0 Å². The zero-order valence-corrected chi connectivity index (χ0v) is 12.8. The van der Waals surface area contributed by atoms with Crippen LogP contribution in [0.4, 0.5) is 5.69 Å². The number of nitrogens with zero attached hydrogens (tertiary/aromatic N) is 2. The quantitative estimate of drug-likeness (QED) is 0.445. The van der Waals surface area contributed by atoms with Crippen LogP contribution >= 0.6 is 0 Å². The zero-order valence-electron chi connectivity index (χ0n) is 11.8. The highest BCUT2D eigenvalue weighted by atomic mass is 28.3. The maximum Gasteiger partial charge on any atom is 0.210 e. The fourth-order valence-electron chi connectivity index (χ4n) is 1.98. The van der Waals surface area contributed by atoms with Crippen LogP contribution < -0.4 is 0 Å². The molecule has 1 heterocycles. The fraction of sp³-hybridized carbons (Fsp3) is 0.400. The fourth-order valence-corrected chi connectivity index (χ4v) is 2.74. The number of para-hydroxylation sites is 1. The maximum atomic E-state index is 7.23. The van der Waals surface area contributed by atoms with E-state index in [1.54, 1.807) is 0 Å². The lowest BCUT2D eigenvalue weighted by atomic mass is 10.2. The molecule has 0 amide bonds. The number of hydrogen-bond donors (Lipinski definition) is 0. The molecule has 2 aromatic rings. The second kappa shape index (κ2) is 5.60. The number of aromatic nitrogens is 1. The minimum atomic E-state index is -1.03. The Balaban J connectivity index is 2.08. The summed E-state index contributed by atoms with van der Waals surface area (Å²) in [6.45, 7) is 15.6. The van der Waals surface area contributed by atoms with Crippen LogP contribution in [0.15, 0.2) is 30.5 Å². The first-order valence-electron chi connectivity index (χ1n) is 6.54. The molecule has 0 saturated carbocycles. The third-order valence-corrected chi connectivity index (χ3v) is 4.82. The van der Waals surface area contributed by atoms with E-state index in [4.69, 9.17) is 11.3 Å². The van der Waals surface area contributed by atoms with Crippen molar-refractivity contribution in [1.82, 2.24) is 4.57 Å². The van der Waals surface area contributed by atoms with Gasteiger partial charge in [0, 0.05) is 20.9 Å². The molecule has 2 rings (SSSR count). The van der Waals surface area contributed by atoms with Crippen molar-refractivity contribution >= 4 is 24.7 Å². The molecule has 1 aromatic carbocycles. The van der Waals surface area contributed by atoms with Crippen molar-refractivity contribution in [2.45, 2.75) is 32.4 Å². The van der Waals surface area contributed by atoms with E-state index in [2.05, 4.69) is 24.5 Å². The van der Waals surface area contributed by atoms with E-state index in [1.165, 1.54) is 6.04 Å². The van der Waals surface area contributed by atoms with Gasteiger partial charge in [0.25, 0.3) is 0 Å². The van der Waals surface area contributed by atoms with Gasteiger partial charge in [0.2, 0.25) is 5.69 Å². The van der Waals surface area contributed by atoms with Crippen LogP contribution in [0.5, 0.6) is 0 Å². The summed E-state index contributed by atoms with van der Waals surface area (Å²) in [5, 5.41) is 1.10. The molecular weight excluding hydrogens is 252 g/mol. The molecule has 0 aliphatic carbocycles. The summed E-state index contributed by atoms with van der Waals surface area (Å²) in [4.78, 5) is 3.58. The molecule has 0 fully saturated rings. The predicted octanol–water partition coefficient (Wildman–Crippen LogP) is 4.50. The second-order valence-electron chi connectivity index (χ2n) is 5.96. The van der Waals surface area contributed by atoms with Crippen LogP contribution in [0.3, 0.4) is 0 Å². The first-order chi connectivity index (χ1) is 9.01. The van der Waals surface area contributed by atoms with E-state index in [-0.39, 0.29) is 0 Å². The largest absolute Gasteiger partial charge is 0.361 e. The molecule has 0 unspecified atom stereocenters. The van der Waals surface area contributed by atoms with E-state index in [0.29, 0.717) is 12.4 Å². The average Bonchev–Trinajstić information content (AvgIpc) is 2.77. The van der Waals surface area contributed by atoms with Gasteiger partial charge in [-0.1, -0.05) is 37.8 Å². The van der Waals surface area contributed by atoms with Crippen LogP contribution in [0, 0.1) is 6.57 Å². The lowest BCUT2D eigenvalue weighted by Gasteiger charge is -2.16. The van der Waals surface area contributed by atoms with Crippen LogP contribution in [-0.4, -0.2) is 19.2 Å². The van der Waals surface area contributed by atoms with E-state index < -0.39 is 8.07 Å². The first-order valence-corrected chi connectivity index (χ1v) is 10.2. The molecule has 0 saturated heterocycles. The topological polar surface area (TPSA) is 18.5 Å². The molecule has 1 aromatic heterocycles. The third-order valence-electron chi connectivity index (χ3n) is 3.11. The van der Waals surface area contributed by atoms with Crippen LogP contribution in [0.25, 0.3) is 15.7 Å². The Hall–Kier alpha value is -1.57. The SMILES string of the molecule is [C-]#[N+]c1cccc2ccn(COCC[Si](C)(C)C)c12. The molecular formula is C15H20N2OSi. The summed E-state index contributed by atoms with van der Waals surface area (Å²) in [7, 11) is -1.03. The molecule has 0 spiro atoms. The Morgan fingerprint density at radius 2 is 2.05 bits per heavy atom. The minimum absolute atomic E-state index is 0.528. The molecule has 19 heavy (non-hydrogen) atoms. The lowest BCUT2D eigenvalue weighted by Crippen LogP contribution is -2.21. The van der Waals surface area contributed by atoms with Crippen molar-refractivity contribution in [3.63, 3.8) is 0 Å². The van der Waals surface area contributed by atoms with Crippen LogP contribution in [0.1, 0.15) is 0 Å². The van der Waals surface area contributed by atoms with E-state index in [9.17, 15) is 0 Å². The highest BCUT2D eigenvalue weighted by Crippen LogP contribution is 2.27. The van der Waals surface area contributed by atoms with E-state index >= 15 is 0 Å². The summed E-state index contributed by atoms with van der Waals surface area (Å²) in [5.74, 6) is 0. The average molecular weight is 272 g/mol. The van der Waals surface area contributed by atoms with Gasteiger partial charge in [-0.25, -0.2) is 4.85 Å². The Labute approximate surface area is 115 Å². The molecule has 0 aliphatic heterocycles. The highest BCUT2D eigenvalue weighted by molar-refractivity contribution is 6.76. The van der Waals surface area contributed by atoms with E-state index in [1.807, 2.05) is 35.0 Å². The smallest absolute Gasteiger partial charge is 0.210 e. The van der Waals surface area contributed by atoms with Gasteiger partial charge in [-0.2, -0.15) is 0 Å². The van der Waals surface area contributed by atoms with Crippen molar-refractivity contribution < 1.29 is 4.74 Å². The summed E-state index contributed by atoms with van der Waals surface area (Å²) in [6.07, 6.45) is 1.99. The molecule has 0 radical (unpaired) electrons. The standard InChI is InChI=1S/C15H20N2OSi/c1-16-14-7-5-6-13-8-9-17(15(13)14)12-18-10-11-19(2,3)4/h5-9H,10-12H2,2-4H3. The van der Waals surface area contributed by atoms with Crippen molar-refractivity contribution in [2.24, 2.45) is 0 Å². The summed E-state index contributed by atoms with van der Waals surface area (Å²) in [6, 6.07) is 9.01. The Bertz CT molecular complexity index is 605. The van der Waals surface area contributed by atoms with Gasteiger partial charge in [0.05, 0.1) is 12.1 Å². The number of rotatable bonds is 5. The Morgan fingerprint density at radius 3 is 2.74 bits per heavy atom. The van der Waals surface area contributed by atoms with Crippen LogP contribution in [0.2, 0.25) is 25.7 Å².